The lowest BCUT2D eigenvalue weighted by Crippen LogP contribution is -2.59. The number of nitrogens with one attached hydrogen (secondary N) is 5. The molecule has 0 saturated heterocycles. The molecule has 47 heavy (non-hydrogen) atoms. The maximum absolute atomic E-state index is 13.7. The summed E-state index contributed by atoms with van der Waals surface area (Å²) in [7, 11) is 6.30. The van der Waals surface area contributed by atoms with Crippen LogP contribution in [0.4, 0.5) is 0 Å². The fourth-order valence-corrected chi connectivity index (χ4v) is 5.72. The highest BCUT2D eigenvalue weighted by molar-refractivity contribution is 5.95. The number of hydrogen-bond donors (Lipinski definition) is 6. The molecule has 0 unspecified atom stereocenters. The van der Waals surface area contributed by atoms with Crippen LogP contribution < -0.4 is 26.6 Å². The molecule has 5 amide bonds. The van der Waals surface area contributed by atoms with Crippen LogP contribution in [0.1, 0.15) is 84.6 Å². The predicted molar refractivity (Wildman–Crippen MR) is 182 cm³/mol. The second-order valence-electron chi connectivity index (χ2n) is 14.4. The molecule has 12 heteroatoms. The van der Waals surface area contributed by atoms with E-state index >= 15 is 0 Å². The first kappa shape index (κ1) is 39.7. The van der Waals surface area contributed by atoms with Gasteiger partial charge in [-0.3, -0.25) is 24.0 Å². The minimum Gasteiger partial charge on any atom is -0.391 e. The summed E-state index contributed by atoms with van der Waals surface area (Å²) < 4.78 is 0.784. The highest BCUT2D eigenvalue weighted by Gasteiger charge is 2.32. The molecular weight excluding hydrogens is 600 g/mol. The third-order valence-corrected chi connectivity index (χ3v) is 8.33. The molecule has 0 radical (unpaired) electrons. The zero-order chi connectivity index (χ0) is 35.1. The number of hydrogen-bond acceptors (Lipinski definition) is 6. The maximum atomic E-state index is 13.7. The van der Waals surface area contributed by atoms with E-state index < -0.39 is 48.0 Å². The Bertz CT molecular complexity index is 1170. The SMILES string of the molecule is CC(=O)N[C@@H](Cc1ccccc1)C(=O)N[C@@H](C)C(=O)N[C@@H](CC(C)C)C(=O)N[C@@H](CCCC[N+](C)(C)C)C(=O)N[C@H]1CCCC[C@@H]1O. The van der Waals surface area contributed by atoms with E-state index in [0.29, 0.717) is 32.1 Å². The largest absolute Gasteiger partial charge is 0.391 e. The molecule has 1 fully saturated rings. The van der Waals surface area contributed by atoms with E-state index in [2.05, 4.69) is 47.7 Å². The Labute approximate surface area is 280 Å². The van der Waals surface area contributed by atoms with Gasteiger partial charge in [0.05, 0.1) is 39.8 Å². The Balaban J connectivity index is 2.11. The van der Waals surface area contributed by atoms with Crippen molar-refractivity contribution in [3.8, 4) is 0 Å². The van der Waals surface area contributed by atoms with E-state index in [9.17, 15) is 29.1 Å². The van der Waals surface area contributed by atoms with Gasteiger partial charge in [-0.05, 0) is 56.9 Å². The zero-order valence-electron chi connectivity index (χ0n) is 29.4. The average molecular weight is 660 g/mol. The van der Waals surface area contributed by atoms with Crippen LogP contribution in [0.3, 0.4) is 0 Å². The number of nitrogens with zero attached hydrogens (tertiary/aromatic N) is 1. The molecule has 12 nitrogen and oxygen atoms in total. The van der Waals surface area contributed by atoms with Gasteiger partial charge in [-0.25, -0.2) is 0 Å². The van der Waals surface area contributed by atoms with Crippen molar-refractivity contribution < 1.29 is 33.6 Å². The number of amides is 5. The first-order valence-corrected chi connectivity index (χ1v) is 17.1. The third-order valence-electron chi connectivity index (χ3n) is 8.33. The van der Waals surface area contributed by atoms with Crippen molar-refractivity contribution in [1.29, 1.82) is 0 Å². The number of carbonyl (C=O) groups excluding carboxylic acids is 5. The smallest absolute Gasteiger partial charge is 0.243 e. The standard InChI is InChI=1S/C35H58N6O6/c1-23(2)21-29(40-32(44)24(3)36-34(46)30(37-25(4)42)22-26-15-9-8-10-16-26)35(47)39-28(18-13-14-20-41(5,6)7)33(45)38-27-17-11-12-19-31(27)43/h8-10,15-16,23-24,27-31,43H,11-14,17-22H2,1-7H3,(H4-,36,37,38,39,40,42,44,45,46,47)/p+1/t24-,27-,28-,29-,30-,31-/m0/s1. The van der Waals surface area contributed by atoms with Crippen molar-refractivity contribution in [3.63, 3.8) is 0 Å². The van der Waals surface area contributed by atoms with E-state index in [4.69, 9.17) is 0 Å². The lowest BCUT2D eigenvalue weighted by atomic mass is 9.92. The van der Waals surface area contributed by atoms with Gasteiger partial charge in [0, 0.05) is 13.3 Å². The molecule has 0 spiro atoms. The molecule has 1 saturated carbocycles. The van der Waals surface area contributed by atoms with Crippen LogP contribution >= 0.6 is 0 Å². The number of benzene rings is 1. The summed E-state index contributed by atoms with van der Waals surface area (Å²) in [6, 6.07) is 5.21. The van der Waals surface area contributed by atoms with E-state index in [1.54, 1.807) is 0 Å². The molecule has 0 heterocycles. The lowest BCUT2D eigenvalue weighted by Gasteiger charge is -2.31. The van der Waals surface area contributed by atoms with Gasteiger partial charge in [0.15, 0.2) is 0 Å². The fraction of sp³-hybridized carbons (Fsp3) is 0.686. The van der Waals surface area contributed by atoms with E-state index in [1.807, 2.05) is 44.2 Å². The van der Waals surface area contributed by atoms with E-state index in [1.165, 1.54) is 13.8 Å². The number of quaternary nitrogens is 1. The summed E-state index contributed by atoms with van der Waals surface area (Å²) in [5, 5.41) is 24.4. The van der Waals surface area contributed by atoms with Crippen LogP contribution in [-0.2, 0) is 30.4 Å². The number of unbranched alkanes of at least 4 members (excludes halogenated alkanes) is 1. The summed E-state index contributed by atoms with van der Waals surface area (Å²) in [6.07, 6.45) is 5.07. The number of aliphatic hydroxyl groups is 1. The highest BCUT2D eigenvalue weighted by Crippen LogP contribution is 2.19. The van der Waals surface area contributed by atoms with Crippen molar-refractivity contribution in [2.24, 2.45) is 5.92 Å². The van der Waals surface area contributed by atoms with Crippen LogP contribution in [-0.4, -0.2) is 103 Å². The molecular formula is C35H59N6O6+. The van der Waals surface area contributed by atoms with Gasteiger partial charge in [-0.1, -0.05) is 57.0 Å². The summed E-state index contributed by atoms with van der Waals surface area (Å²) in [5.74, 6) is -2.24. The van der Waals surface area contributed by atoms with Crippen molar-refractivity contribution in [1.82, 2.24) is 26.6 Å². The second kappa shape index (κ2) is 19.3. The quantitative estimate of drug-likeness (QED) is 0.103. The number of rotatable bonds is 18. The van der Waals surface area contributed by atoms with Crippen molar-refractivity contribution in [3.05, 3.63) is 35.9 Å². The Morgan fingerprint density at radius 1 is 0.787 bits per heavy atom. The lowest BCUT2D eigenvalue weighted by molar-refractivity contribution is -0.870. The van der Waals surface area contributed by atoms with Crippen LogP contribution in [0.2, 0.25) is 0 Å². The van der Waals surface area contributed by atoms with Gasteiger partial charge >= 0.3 is 0 Å². The van der Waals surface area contributed by atoms with Crippen LogP contribution in [0.25, 0.3) is 0 Å². The Hall–Kier alpha value is -3.51. The van der Waals surface area contributed by atoms with Gasteiger partial charge in [-0.15, -0.1) is 0 Å². The first-order valence-electron chi connectivity index (χ1n) is 17.1. The highest BCUT2D eigenvalue weighted by atomic mass is 16.3. The average Bonchev–Trinajstić information content (AvgIpc) is 2.98. The monoisotopic (exact) mass is 659 g/mol. The number of carbonyl (C=O) groups is 5. The van der Waals surface area contributed by atoms with Crippen molar-refractivity contribution in [2.75, 3.05) is 27.7 Å². The predicted octanol–water partition coefficient (Wildman–Crippen LogP) is 1.55. The zero-order valence-corrected chi connectivity index (χ0v) is 29.4. The van der Waals surface area contributed by atoms with E-state index in [-0.39, 0.29) is 30.2 Å². The molecule has 0 aromatic heterocycles. The normalized spacial score (nSPS) is 19.1. The Morgan fingerprint density at radius 3 is 2.00 bits per heavy atom. The molecule has 1 aromatic rings. The van der Waals surface area contributed by atoms with Crippen LogP contribution in [0.5, 0.6) is 0 Å². The van der Waals surface area contributed by atoms with Crippen molar-refractivity contribution >= 4 is 29.5 Å². The van der Waals surface area contributed by atoms with Crippen LogP contribution in [0, 0.1) is 5.92 Å². The van der Waals surface area contributed by atoms with Gasteiger partial charge in [0.1, 0.15) is 24.2 Å². The topological polar surface area (TPSA) is 166 Å². The maximum Gasteiger partial charge on any atom is 0.243 e. The molecule has 1 aliphatic rings. The summed E-state index contributed by atoms with van der Waals surface area (Å²) in [5.41, 5.74) is 0.848. The van der Waals surface area contributed by atoms with Gasteiger partial charge in [0.2, 0.25) is 29.5 Å². The molecule has 264 valence electrons. The minimum atomic E-state index is -1.00. The summed E-state index contributed by atoms with van der Waals surface area (Å²) >= 11 is 0. The Morgan fingerprint density at radius 2 is 1.40 bits per heavy atom. The van der Waals surface area contributed by atoms with Crippen molar-refractivity contribution in [2.45, 2.75) is 122 Å². The minimum absolute atomic E-state index is 0.0418. The van der Waals surface area contributed by atoms with Gasteiger partial charge < -0.3 is 36.2 Å². The second-order valence-corrected chi connectivity index (χ2v) is 14.4. The molecule has 6 N–H and O–H groups in total. The summed E-state index contributed by atoms with van der Waals surface area (Å²) in [6.45, 7) is 7.61. The molecule has 1 aromatic carbocycles. The van der Waals surface area contributed by atoms with Crippen LogP contribution in [0.15, 0.2) is 30.3 Å². The Kier molecular flexibility index (Phi) is 16.3. The van der Waals surface area contributed by atoms with E-state index in [0.717, 1.165) is 35.9 Å². The molecule has 1 aliphatic carbocycles. The molecule has 6 atom stereocenters. The molecule has 0 bridgehead atoms. The first-order chi connectivity index (χ1) is 22.1. The number of aliphatic hydroxyl groups excluding tert-OH is 1. The third kappa shape index (κ3) is 15.3. The fourth-order valence-electron chi connectivity index (χ4n) is 5.72. The summed E-state index contributed by atoms with van der Waals surface area (Å²) in [4.78, 5) is 65.4. The van der Waals surface area contributed by atoms with Gasteiger partial charge in [-0.2, -0.15) is 0 Å². The molecule has 2 rings (SSSR count). The molecule has 0 aliphatic heterocycles. The van der Waals surface area contributed by atoms with Gasteiger partial charge in [0.25, 0.3) is 0 Å².